The zero-order valence-electron chi connectivity index (χ0n) is 16.5. The average Bonchev–Trinajstić information content (AvgIpc) is 2.87. The summed E-state index contributed by atoms with van der Waals surface area (Å²) in [5.74, 6) is 1.87. The van der Waals surface area contributed by atoms with Gasteiger partial charge >= 0.3 is 6.09 Å². The van der Waals surface area contributed by atoms with Gasteiger partial charge in [0.1, 0.15) is 5.76 Å². The standard InChI is InChI=1S/C21H29N3O3/c1-16(2)15-26-21(25)24-11-7-10-23(12-13-24)14-19-17(3)27-20(22-19)18-8-5-4-6-9-18/h4-6,8-9,16H,7,10-15H2,1-3H3. The van der Waals surface area contributed by atoms with Crippen LogP contribution in [0.4, 0.5) is 4.79 Å². The second-order valence-corrected chi connectivity index (χ2v) is 7.48. The minimum absolute atomic E-state index is 0.200. The van der Waals surface area contributed by atoms with Crippen molar-refractivity contribution in [2.24, 2.45) is 5.92 Å². The highest BCUT2D eigenvalue weighted by Gasteiger charge is 2.22. The predicted molar refractivity (Wildman–Crippen MR) is 104 cm³/mol. The number of aryl methyl sites for hydroxylation is 1. The Bertz CT molecular complexity index is 742. The molecule has 1 aromatic heterocycles. The van der Waals surface area contributed by atoms with E-state index in [4.69, 9.17) is 14.1 Å². The molecule has 1 aromatic carbocycles. The Labute approximate surface area is 161 Å². The Morgan fingerprint density at radius 1 is 1.19 bits per heavy atom. The highest BCUT2D eigenvalue weighted by molar-refractivity contribution is 5.67. The number of carbonyl (C=O) groups is 1. The maximum absolute atomic E-state index is 12.2. The number of carbonyl (C=O) groups excluding carboxylic acids is 1. The molecule has 146 valence electrons. The van der Waals surface area contributed by atoms with Crippen LogP contribution in [0.5, 0.6) is 0 Å². The third-order valence-electron chi connectivity index (χ3n) is 4.67. The van der Waals surface area contributed by atoms with Crippen LogP contribution in [-0.4, -0.2) is 53.7 Å². The molecule has 1 amide bonds. The van der Waals surface area contributed by atoms with E-state index in [1.807, 2.05) is 56.0 Å². The largest absolute Gasteiger partial charge is 0.449 e. The highest BCUT2D eigenvalue weighted by Crippen LogP contribution is 2.22. The van der Waals surface area contributed by atoms with Gasteiger partial charge in [-0.3, -0.25) is 4.90 Å². The number of amides is 1. The van der Waals surface area contributed by atoms with Crippen LogP contribution < -0.4 is 0 Å². The van der Waals surface area contributed by atoms with Gasteiger partial charge in [0, 0.05) is 38.3 Å². The summed E-state index contributed by atoms with van der Waals surface area (Å²) >= 11 is 0. The van der Waals surface area contributed by atoms with Gasteiger partial charge in [0.15, 0.2) is 0 Å². The molecule has 6 nitrogen and oxygen atoms in total. The van der Waals surface area contributed by atoms with Crippen molar-refractivity contribution in [3.8, 4) is 11.5 Å². The van der Waals surface area contributed by atoms with E-state index in [-0.39, 0.29) is 6.09 Å². The second-order valence-electron chi connectivity index (χ2n) is 7.48. The molecule has 1 aliphatic rings. The minimum atomic E-state index is -0.200. The van der Waals surface area contributed by atoms with Gasteiger partial charge < -0.3 is 14.1 Å². The number of nitrogens with zero attached hydrogens (tertiary/aromatic N) is 3. The molecule has 0 unspecified atom stereocenters. The van der Waals surface area contributed by atoms with E-state index in [0.29, 0.717) is 25.0 Å². The lowest BCUT2D eigenvalue weighted by Gasteiger charge is -2.21. The molecular weight excluding hydrogens is 342 g/mol. The molecule has 0 N–H and O–H groups in total. The SMILES string of the molecule is Cc1oc(-c2ccccc2)nc1CN1CCCN(C(=O)OCC(C)C)CC1. The Morgan fingerprint density at radius 3 is 2.70 bits per heavy atom. The fraction of sp³-hybridized carbons (Fsp3) is 0.524. The van der Waals surface area contributed by atoms with Gasteiger partial charge in [-0.1, -0.05) is 32.0 Å². The lowest BCUT2D eigenvalue weighted by Crippen LogP contribution is -2.36. The lowest BCUT2D eigenvalue weighted by atomic mass is 10.2. The first-order chi connectivity index (χ1) is 13.0. The van der Waals surface area contributed by atoms with Crippen molar-refractivity contribution in [3.05, 3.63) is 41.8 Å². The molecule has 27 heavy (non-hydrogen) atoms. The number of oxazole rings is 1. The van der Waals surface area contributed by atoms with Gasteiger partial charge in [0.25, 0.3) is 0 Å². The molecule has 0 saturated carbocycles. The highest BCUT2D eigenvalue weighted by atomic mass is 16.6. The smallest absolute Gasteiger partial charge is 0.409 e. The summed E-state index contributed by atoms with van der Waals surface area (Å²) in [7, 11) is 0. The summed E-state index contributed by atoms with van der Waals surface area (Å²) in [4.78, 5) is 21.0. The summed E-state index contributed by atoms with van der Waals surface area (Å²) in [5, 5.41) is 0. The summed E-state index contributed by atoms with van der Waals surface area (Å²) in [6, 6.07) is 9.95. The molecule has 0 atom stereocenters. The lowest BCUT2D eigenvalue weighted by molar-refractivity contribution is 0.0930. The number of aromatic nitrogens is 1. The average molecular weight is 371 g/mol. The Kier molecular flexibility index (Phi) is 6.50. The van der Waals surface area contributed by atoms with Gasteiger partial charge in [-0.25, -0.2) is 9.78 Å². The second kappa shape index (κ2) is 9.04. The van der Waals surface area contributed by atoms with E-state index in [2.05, 4.69) is 4.90 Å². The van der Waals surface area contributed by atoms with E-state index in [1.54, 1.807) is 0 Å². The summed E-state index contributed by atoms with van der Waals surface area (Å²) in [5.41, 5.74) is 1.95. The molecular formula is C21H29N3O3. The molecule has 2 heterocycles. The maximum Gasteiger partial charge on any atom is 0.409 e. The first kappa shape index (κ1) is 19.4. The molecule has 0 radical (unpaired) electrons. The monoisotopic (exact) mass is 371 g/mol. The van der Waals surface area contributed by atoms with Crippen molar-refractivity contribution in [1.29, 1.82) is 0 Å². The minimum Gasteiger partial charge on any atom is -0.449 e. The van der Waals surface area contributed by atoms with Gasteiger partial charge in [-0.15, -0.1) is 0 Å². The molecule has 0 aliphatic carbocycles. The number of hydrogen-bond donors (Lipinski definition) is 0. The van der Waals surface area contributed by atoms with Crippen LogP contribution in [-0.2, 0) is 11.3 Å². The van der Waals surface area contributed by atoms with Crippen LogP contribution in [0.3, 0.4) is 0 Å². The molecule has 2 aromatic rings. The van der Waals surface area contributed by atoms with Crippen LogP contribution in [0.2, 0.25) is 0 Å². The van der Waals surface area contributed by atoms with Gasteiger partial charge in [0.05, 0.1) is 12.3 Å². The van der Waals surface area contributed by atoms with Gasteiger partial charge in [0.2, 0.25) is 5.89 Å². The van der Waals surface area contributed by atoms with Crippen LogP contribution in [0.15, 0.2) is 34.7 Å². The zero-order chi connectivity index (χ0) is 19.2. The van der Waals surface area contributed by atoms with Crippen molar-refractivity contribution in [2.45, 2.75) is 33.7 Å². The van der Waals surface area contributed by atoms with E-state index >= 15 is 0 Å². The van der Waals surface area contributed by atoms with E-state index in [1.165, 1.54) is 0 Å². The van der Waals surface area contributed by atoms with Crippen molar-refractivity contribution < 1.29 is 13.9 Å². The van der Waals surface area contributed by atoms with E-state index in [9.17, 15) is 4.79 Å². The summed E-state index contributed by atoms with van der Waals surface area (Å²) in [6.07, 6.45) is 0.730. The molecule has 1 fully saturated rings. The van der Waals surface area contributed by atoms with Crippen molar-refractivity contribution in [2.75, 3.05) is 32.8 Å². The maximum atomic E-state index is 12.2. The van der Waals surface area contributed by atoms with Crippen LogP contribution in [0.1, 0.15) is 31.7 Å². The van der Waals surface area contributed by atoms with Gasteiger partial charge in [-0.05, 0) is 31.4 Å². The summed E-state index contributed by atoms with van der Waals surface area (Å²) < 4.78 is 11.2. The van der Waals surface area contributed by atoms with E-state index in [0.717, 1.165) is 49.6 Å². The quantitative estimate of drug-likeness (QED) is 0.796. The normalized spacial score (nSPS) is 15.8. The summed E-state index contributed by atoms with van der Waals surface area (Å²) in [6.45, 7) is 10.4. The number of rotatable bonds is 5. The van der Waals surface area contributed by atoms with Crippen molar-refractivity contribution in [1.82, 2.24) is 14.8 Å². The Morgan fingerprint density at radius 2 is 1.96 bits per heavy atom. The number of ether oxygens (including phenoxy) is 1. The number of benzene rings is 1. The molecule has 6 heteroatoms. The molecule has 1 saturated heterocycles. The molecule has 0 spiro atoms. The fourth-order valence-corrected chi connectivity index (χ4v) is 3.13. The van der Waals surface area contributed by atoms with Crippen molar-refractivity contribution >= 4 is 6.09 Å². The first-order valence-electron chi connectivity index (χ1n) is 9.68. The predicted octanol–water partition coefficient (Wildman–Crippen LogP) is 3.95. The van der Waals surface area contributed by atoms with Gasteiger partial charge in [-0.2, -0.15) is 0 Å². The molecule has 3 rings (SSSR count). The third-order valence-corrected chi connectivity index (χ3v) is 4.67. The zero-order valence-corrected chi connectivity index (χ0v) is 16.5. The van der Waals surface area contributed by atoms with Crippen LogP contribution in [0, 0.1) is 12.8 Å². The molecule has 1 aliphatic heterocycles. The topological polar surface area (TPSA) is 58.8 Å². The Balaban J connectivity index is 1.57. The van der Waals surface area contributed by atoms with Crippen LogP contribution in [0.25, 0.3) is 11.5 Å². The van der Waals surface area contributed by atoms with Crippen LogP contribution >= 0.6 is 0 Å². The first-order valence-corrected chi connectivity index (χ1v) is 9.68. The van der Waals surface area contributed by atoms with E-state index < -0.39 is 0 Å². The Hall–Kier alpha value is -2.34. The molecule has 0 bridgehead atoms. The van der Waals surface area contributed by atoms with Crippen molar-refractivity contribution in [3.63, 3.8) is 0 Å². The fourth-order valence-electron chi connectivity index (χ4n) is 3.13. The third kappa shape index (κ3) is 5.32. The number of hydrogen-bond acceptors (Lipinski definition) is 5.